The lowest BCUT2D eigenvalue weighted by atomic mass is 9.87. The smallest absolute Gasteiger partial charge is 0.251 e. The molecule has 0 saturated carbocycles. The van der Waals surface area contributed by atoms with Crippen molar-refractivity contribution >= 4 is 16.7 Å². The maximum absolute atomic E-state index is 12.9. The fourth-order valence-corrected chi connectivity index (χ4v) is 5.45. The van der Waals surface area contributed by atoms with Crippen molar-refractivity contribution in [2.45, 2.75) is 50.0 Å². The fraction of sp³-hybridized carbons (Fsp3) is 0.370. The van der Waals surface area contributed by atoms with Crippen LogP contribution in [-0.4, -0.2) is 53.7 Å². The zero-order chi connectivity index (χ0) is 22.5. The van der Waals surface area contributed by atoms with Gasteiger partial charge in [0.05, 0.1) is 19.3 Å². The van der Waals surface area contributed by atoms with Gasteiger partial charge in [0.2, 0.25) is 0 Å². The zero-order valence-electron chi connectivity index (χ0n) is 18.3. The third-order valence-electron chi connectivity index (χ3n) is 7.26. The summed E-state index contributed by atoms with van der Waals surface area (Å²) in [5.74, 6) is 0.214. The topological polar surface area (TPSA) is 88.0 Å². The van der Waals surface area contributed by atoms with Crippen LogP contribution in [0, 0.1) is 0 Å². The lowest BCUT2D eigenvalue weighted by Crippen LogP contribution is -2.44. The number of hydrogen-bond donors (Lipinski definition) is 3. The molecule has 0 spiro atoms. The number of phenols is 1. The molecule has 6 heteroatoms. The van der Waals surface area contributed by atoms with E-state index in [-0.39, 0.29) is 30.8 Å². The van der Waals surface area contributed by atoms with Crippen molar-refractivity contribution in [3.05, 3.63) is 65.2 Å². The Kier molecular flexibility index (Phi) is 5.09. The van der Waals surface area contributed by atoms with Crippen LogP contribution in [0.4, 0.5) is 0 Å². The van der Waals surface area contributed by atoms with E-state index in [1.807, 2.05) is 36.4 Å². The molecule has 33 heavy (non-hydrogen) atoms. The molecule has 2 heterocycles. The van der Waals surface area contributed by atoms with Crippen LogP contribution in [-0.2, 0) is 22.3 Å². The second-order valence-electron chi connectivity index (χ2n) is 9.33. The molecule has 3 N–H and O–H groups in total. The van der Waals surface area contributed by atoms with Gasteiger partial charge in [-0.2, -0.15) is 0 Å². The molecule has 3 aromatic carbocycles. The van der Waals surface area contributed by atoms with Crippen LogP contribution in [0.2, 0.25) is 0 Å². The Morgan fingerprint density at radius 2 is 1.70 bits per heavy atom. The van der Waals surface area contributed by atoms with Gasteiger partial charge in [0.25, 0.3) is 5.91 Å². The number of fused-ring (bicyclic) bond motifs is 3. The minimum atomic E-state index is -0.638. The number of carbonyl (C=O) groups excluding carboxylic acids is 1. The normalized spacial score (nSPS) is 26.2. The number of aryl methyl sites for hydroxylation is 1. The highest BCUT2D eigenvalue weighted by molar-refractivity contribution is 5.99. The number of rotatable bonds is 3. The predicted octanol–water partition coefficient (Wildman–Crippen LogP) is 3.35. The first kappa shape index (κ1) is 20.7. The van der Waals surface area contributed by atoms with Crippen molar-refractivity contribution in [1.29, 1.82) is 0 Å². The Labute approximate surface area is 192 Å². The Balaban J connectivity index is 1.24. The lowest BCUT2D eigenvalue weighted by molar-refractivity contribution is 0.0178. The van der Waals surface area contributed by atoms with Gasteiger partial charge >= 0.3 is 0 Å². The predicted molar refractivity (Wildman–Crippen MR) is 124 cm³/mol. The highest BCUT2D eigenvalue weighted by Gasteiger charge is 2.47. The van der Waals surface area contributed by atoms with Gasteiger partial charge < -0.3 is 25.0 Å². The summed E-state index contributed by atoms with van der Waals surface area (Å²) in [7, 11) is 0. The maximum Gasteiger partial charge on any atom is 0.251 e. The Bertz CT molecular complexity index is 1240. The van der Waals surface area contributed by atoms with Gasteiger partial charge in [-0.1, -0.05) is 30.3 Å². The van der Waals surface area contributed by atoms with Gasteiger partial charge in [0.15, 0.2) is 0 Å². The first-order valence-electron chi connectivity index (χ1n) is 11.7. The molecular weight excluding hydrogens is 418 g/mol. The van der Waals surface area contributed by atoms with Crippen molar-refractivity contribution in [2.24, 2.45) is 0 Å². The van der Waals surface area contributed by atoms with Crippen LogP contribution in [0.15, 0.2) is 48.5 Å². The summed E-state index contributed by atoms with van der Waals surface area (Å²) in [6, 6.07) is 15.6. The molecule has 6 nitrogen and oxygen atoms in total. The zero-order valence-corrected chi connectivity index (χ0v) is 18.3. The van der Waals surface area contributed by atoms with Crippen molar-refractivity contribution in [2.75, 3.05) is 13.2 Å². The third kappa shape index (κ3) is 3.59. The van der Waals surface area contributed by atoms with Crippen LogP contribution in [0.5, 0.6) is 5.75 Å². The van der Waals surface area contributed by atoms with E-state index in [1.165, 1.54) is 12.0 Å². The number of aliphatic hydroxyl groups excluding tert-OH is 1. The first-order valence-corrected chi connectivity index (χ1v) is 11.7. The summed E-state index contributed by atoms with van der Waals surface area (Å²) in [6.07, 6.45) is 2.95. The minimum Gasteiger partial charge on any atom is -0.507 e. The van der Waals surface area contributed by atoms with Gasteiger partial charge in [-0.3, -0.25) is 4.79 Å². The molecule has 0 unspecified atom stereocenters. The van der Waals surface area contributed by atoms with Crippen LogP contribution in [0.3, 0.4) is 0 Å². The molecule has 1 aliphatic carbocycles. The molecule has 170 valence electrons. The number of aliphatic hydroxyl groups is 1. The molecule has 2 saturated heterocycles. The van der Waals surface area contributed by atoms with E-state index in [2.05, 4.69) is 17.4 Å². The Hall–Kier alpha value is -2.93. The molecular formula is C27H27NO5. The van der Waals surface area contributed by atoms with E-state index in [9.17, 15) is 15.0 Å². The molecule has 3 aliphatic rings. The molecule has 0 radical (unpaired) electrons. The number of ether oxygens (including phenoxy) is 2. The molecule has 0 bridgehead atoms. The summed E-state index contributed by atoms with van der Waals surface area (Å²) in [6.45, 7) is 0.569. The summed E-state index contributed by atoms with van der Waals surface area (Å²) in [5, 5.41) is 25.7. The van der Waals surface area contributed by atoms with Crippen LogP contribution < -0.4 is 5.32 Å². The monoisotopic (exact) mass is 445 g/mol. The van der Waals surface area contributed by atoms with Crippen LogP contribution in [0.1, 0.15) is 34.3 Å². The van der Waals surface area contributed by atoms with E-state index in [4.69, 9.17) is 9.47 Å². The largest absolute Gasteiger partial charge is 0.507 e. The average Bonchev–Trinajstić information content (AvgIpc) is 3.41. The number of phenolic OH excluding ortho intramolecular Hbond substituents is 1. The van der Waals surface area contributed by atoms with Crippen molar-refractivity contribution in [3.8, 4) is 16.9 Å². The highest BCUT2D eigenvalue weighted by Crippen LogP contribution is 2.38. The van der Waals surface area contributed by atoms with Gasteiger partial charge in [-0.15, -0.1) is 0 Å². The third-order valence-corrected chi connectivity index (χ3v) is 7.26. The summed E-state index contributed by atoms with van der Waals surface area (Å²) in [4.78, 5) is 12.9. The van der Waals surface area contributed by atoms with Crippen LogP contribution in [0.25, 0.3) is 21.9 Å². The molecule has 3 aromatic rings. The summed E-state index contributed by atoms with van der Waals surface area (Å²) in [5.41, 5.74) is 4.73. The average molecular weight is 446 g/mol. The fourth-order valence-electron chi connectivity index (χ4n) is 5.45. The SMILES string of the molecule is O=C(N[C@H]1CO[C@H]2[C@@H]1OC[C@H]2O)c1ccc2cc(-c3ccc4c(c3O)CCCC4)ccc2c1. The van der Waals surface area contributed by atoms with Gasteiger partial charge in [-0.05, 0) is 71.3 Å². The van der Waals surface area contributed by atoms with Crippen molar-refractivity contribution in [1.82, 2.24) is 5.32 Å². The summed E-state index contributed by atoms with van der Waals surface area (Å²) >= 11 is 0. The van der Waals surface area contributed by atoms with Gasteiger partial charge in [-0.25, -0.2) is 0 Å². The van der Waals surface area contributed by atoms with Crippen molar-refractivity contribution in [3.63, 3.8) is 0 Å². The Morgan fingerprint density at radius 3 is 2.61 bits per heavy atom. The first-order chi connectivity index (χ1) is 16.1. The maximum atomic E-state index is 12.9. The van der Waals surface area contributed by atoms with Crippen molar-refractivity contribution < 1.29 is 24.5 Å². The number of amides is 1. The van der Waals surface area contributed by atoms with E-state index < -0.39 is 6.10 Å². The molecule has 0 aromatic heterocycles. The second kappa shape index (κ2) is 8.13. The number of carbonyl (C=O) groups is 1. The molecule has 2 fully saturated rings. The summed E-state index contributed by atoms with van der Waals surface area (Å²) < 4.78 is 11.2. The number of benzene rings is 3. The standard InChI is InChI=1S/C27H27NO5/c29-23-14-33-25-22(13-32-26(23)25)28-27(31)19-8-6-16-11-18(7-5-17(16)12-19)21-10-9-15-3-1-2-4-20(15)24(21)30/h5-12,22-23,25-26,29-30H,1-4,13-14H2,(H,28,31)/t22-,23+,25+,26+/m0/s1. The lowest BCUT2D eigenvalue weighted by Gasteiger charge is -2.19. The van der Waals surface area contributed by atoms with Gasteiger partial charge in [0, 0.05) is 11.1 Å². The van der Waals surface area contributed by atoms with E-state index in [0.717, 1.165) is 46.7 Å². The number of aromatic hydroxyl groups is 1. The Morgan fingerprint density at radius 1 is 0.909 bits per heavy atom. The number of hydrogen-bond acceptors (Lipinski definition) is 5. The van der Waals surface area contributed by atoms with E-state index in [0.29, 0.717) is 17.9 Å². The highest BCUT2D eigenvalue weighted by atomic mass is 16.6. The second-order valence-corrected chi connectivity index (χ2v) is 9.33. The minimum absolute atomic E-state index is 0.187. The van der Waals surface area contributed by atoms with E-state index >= 15 is 0 Å². The number of nitrogens with one attached hydrogen (secondary N) is 1. The molecule has 4 atom stereocenters. The molecule has 1 amide bonds. The van der Waals surface area contributed by atoms with Crippen LogP contribution >= 0.6 is 0 Å². The molecule has 2 aliphatic heterocycles. The molecule has 6 rings (SSSR count). The van der Waals surface area contributed by atoms with E-state index in [1.54, 1.807) is 0 Å². The quantitative estimate of drug-likeness (QED) is 0.576. The van der Waals surface area contributed by atoms with Gasteiger partial charge in [0.1, 0.15) is 24.1 Å².